The first kappa shape index (κ1) is 20.0. The number of amides is 2. The zero-order chi connectivity index (χ0) is 18.0. The zero-order valence-electron chi connectivity index (χ0n) is 15.0. The molecule has 0 saturated heterocycles. The number of benzene rings is 1. The van der Waals surface area contributed by atoms with E-state index in [0.717, 1.165) is 11.1 Å². The summed E-state index contributed by atoms with van der Waals surface area (Å²) in [6.45, 7) is 9.32. The molecule has 24 heavy (non-hydrogen) atoms. The highest BCUT2D eigenvalue weighted by Crippen LogP contribution is 2.07. The van der Waals surface area contributed by atoms with Crippen molar-refractivity contribution in [3.05, 3.63) is 35.4 Å². The van der Waals surface area contributed by atoms with Gasteiger partial charge in [0, 0.05) is 26.1 Å². The van der Waals surface area contributed by atoms with Crippen LogP contribution in [0.3, 0.4) is 0 Å². The number of carbonyl (C=O) groups is 2. The molecule has 1 aromatic rings. The highest BCUT2D eigenvalue weighted by atomic mass is 16.6. The highest BCUT2D eigenvalue weighted by Gasteiger charge is 2.15. The van der Waals surface area contributed by atoms with Crippen LogP contribution in [0.1, 0.15) is 45.2 Å². The van der Waals surface area contributed by atoms with Crippen molar-refractivity contribution in [2.75, 3.05) is 13.2 Å². The van der Waals surface area contributed by atoms with Crippen LogP contribution in [0.15, 0.2) is 24.3 Å². The van der Waals surface area contributed by atoms with Gasteiger partial charge < -0.3 is 20.1 Å². The van der Waals surface area contributed by atoms with E-state index in [1.165, 1.54) is 0 Å². The molecular weight excluding hydrogens is 308 g/mol. The summed E-state index contributed by atoms with van der Waals surface area (Å²) in [5, 5.41) is 5.38. The Bertz CT molecular complexity index is 521. The minimum Gasteiger partial charge on any atom is -0.444 e. The number of hydrogen-bond acceptors (Lipinski definition) is 4. The number of ether oxygens (including phenoxy) is 2. The molecule has 0 radical (unpaired) electrons. The first-order valence-corrected chi connectivity index (χ1v) is 8.19. The maximum Gasteiger partial charge on any atom is 0.407 e. The molecule has 0 spiro atoms. The average molecular weight is 336 g/mol. The van der Waals surface area contributed by atoms with Crippen LogP contribution in [0.2, 0.25) is 0 Å². The van der Waals surface area contributed by atoms with Crippen molar-refractivity contribution in [1.82, 2.24) is 10.6 Å². The van der Waals surface area contributed by atoms with E-state index < -0.39 is 11.7 Å². The van der Waals surface area contributed by atoms with E-state index in [-0.39, 0.29) is 18.9 Å². The second kappa shape index (κ2) is 9.93. The lowest BCUT2D eigenvalue weighted by molar-refractivity contribution is -0.121. The molecule has 0 bridgehead atoms. The molecule has 0 aromatic heterocycles. The molecule has 0 aliphatic carbocycles. The van der Waals surface area contributed by atoms with Gasteiger partial charge >= 0.3 is 6.09 Å². The van der Waals surface area contributed by atoms with Crippen molar-refractivity contribution < 1.29 is 19.1 Å². The van der Waals surface area contributed by atoms with Gasteiger partial charge in [0.2, 0.25) is 5.91 Å². The largest absolute Gasteiger partial charge is 0.444 e. The van der Waals surface area contributed by atoms with Crippen LogP contribution in [-0.2, 0) is 27.4 Å². The molecule has 0 aliphatic heterocycles. The van der Waals surface area contributed by atoms with E-state index in [1.807, 2.05) is 31.2 Å². The number of rotatable bonds is 8. The fourth-order valence-corrected chi connectivity index (χ4v) is 1.85. The number of hydrogen-bond donors (Lipinski definition) is 2. The van der Waals surface area contributed by atoms with Gasteiger partial charge in [0.25, 0.3) is 0 Å². The highest BCUT2D eigenvalue weighted by molar-refractivity contribution is 5.77. The van der Waals surface area contributed by atoms with Gasteiger partial charge in [0.1, 0.15) is 5.60 Å². The molecule has 0 atom stereocenters. The molecule has 0 fully saturated rings. The van der Waals surface area contributed by atoms with Crippen LogP contribution in [0.4, 0.5) is 4.79 Å². The topological polar surface area (TPSA) is 76.7 Å². The van der Waals surface area contributed by atoms with E-state index in [1.54, 1.807) is 20.8 Å². The summed E-state index contributed by atoms with van der Waals surface area (Å²) < 4.78 is 10.4. The standard InChI is InChI=1S/C18H28N2O4/c1-5-23-13-15-8-6-14(7-9-15)12-20-16(21)10-11-19-17(22)24-18(2,3)4/h6-9H,5,10-13H2,1-4H3,(H,19,22)(H,20,21). The zero-order valence-corrected chi connectivity index (χ0v) is 15.0. The summed E-state index contributed by atoms with van der Waals surface area (Å²) in [4.78, 5) is 23.2. The Labute approximate surface area is 143 Å². The molecule has 2 amide bonds. The minimum absolute atomic E-state index is 0.121. The van der Waals surface area contributed by atoms with Gasteiger partial charge in [0.15, 0.2) is 0 Å². The number of nitrogens with one attached hydrogen (secondary N) is 2. The summed E-state index contributed by atoms with van der Waals surface area (Å²) in [5.74, 6) is -0.121. The van der Waals surface area contributed by atoms with E-state index >= 15 is 0 Å². The molecule has 0 aliphatic rings. The lowest BCUT2D eigenvalue weighted by atomic mass is 10.1. The van der Waals surface area contributed by atoms with Gasteiger partial charge in [-0.2, -0.15) is 0 Å². The van der Waals surface area contributed by atoms with Gasteiger partial charge in [-0.15, -0.1) is 0 Å². The predicted molar refractivity (Wildman–Crippen MR) is 92.5 cm³/mol. The van der Waals surface area contributed by atoms with Crippen LogP contribution in [-0.4, -0.2) is 30.8 Å². The van der Waals surface area contributed by atoms with Crippen molar-refractivity contribution >= 4 is 12.0 Å². The molecular formula is C18H28N2O4. The predicted octanol–water partition coefficient (Wildman–Crippen LogP) is 2.75. The van der Waals surface area contributed by atoms with Gasteiger partial charge in [0.05, 0.1) is 6.61 Å². The number of alkyl carbamates (subject to hydrolysis) is 1. The molecule has 1 rings (SSSR count). The molecule has 6 heteroatoms. The normalized spacial score (nSPS) is 11.0. The molecule has 2 N–H and O–H groups in total. The quantitative estimate of drug-likeness (QED) is 0.765. The smallest absolute Gasteiger partial charge is 0.407 e. The molecule has 0 heterocycles. The first-order valence-electron chi connectivity index (χ1n) is 8.19. The third-order valence-corrected chi connectivity index (χ3v) is 3.01. The fraction of sp³-hybridized carbons (Fsp3) is 0.556. The lowest BCUT2D eigenvalue weighted by Crippen LogP contribution is -2.35. The second-order valence-electron chi connectivity index (χ2n) is 6.41. The Hall–Kier alpha value is -2.08. The monoisotopic (exact) mass is 336 g/mol. The molecule has 6 nitrogen and oxygen atoms in total. The van der Waals surface area contributed by atoms with Gasteiger partial charge in [-0.3, -0.25) is 4.79 Å². The van der Waals surface area contributed by atoms with Crippen molar-refractivity contribution in [3.63, 3.8) is 0 Å². The Morgan fingerprint density at radius 3 is 2.25 bits per heavy atom. The summed E-state index contributed by atoms with van der Waals surface area (Å²) in [7, 11) is 0. The van der Waals surface area contributed by atoms with E-state index in [0.29, 0.717) is 19.8 Å². The van der Waals surface area contributed by atoms with E-state index in [4.69, 9.17) is 9.47 Å². The maximum atomic E-state index is 11.8. The molecule has 1 aromatic carbocycles. The van der Waals surface area contributed by atoms with Crippen LogP contribution in [0, 0.1) is 0 Å². The minimum atomic E-state index is -0.541. The SMILES string of the molecule is CCOCc1ccc(CNC(=O)CCNC(=O)OC(C)(C)C)cc1. The Kier molecular flexibility index (Phi) is 8.26. The summed E-state index contributed by atoms with van der Waals surface area (Å²) in [6.07, 6.45) is -0.304. The number of carbonyl (C=O) groups excluding carboxylic acids is 2. The van der Waals surface area contributed by atoms with E-state index in [9.17, 15) is 9.59 Å². The van der Waals surface area contributed by atoms with Crippen LogP contribution >= 0.6 is 0 Å². The lowest BCUT2D eigenvalue weighted by Gasteiger charge is -2.19. The van der Waals surface area contributed by atoms with Crippen LogP contribution < -0.4 is 10.6 Å². The van der Waals surface area contributed by atoms with Gasteiger partial charge in [-0.1, -0.05) is 24.3 Å². The average Bonchev–Trinajstić information content (AvgIpc) is 2.50. The third-order valence-electron chi connectivity index (χ3n) is 3.01. The summed E-state index contributed by atoms with van der Waals surface area (Å²) in [6, 6.07) is 7.91. The van der Waals surface area contributed by atoms with Crippen molar-refractivity contribution in [3.8, 4) is 0 Å². The fourth-order valence-electron chi connectivity index (χ4n) is 1.85. The first-order chi connectivity index (χ1) is 11.3. The molecule has 0 saturated carbocycles. The van der Waals surface area contributed by atoms with Crippen LogP contribution in [0.25, 0.3) is 0 Å². The van der Waals surface area contributed by atoms with Crippen LogP contribution in [0.5, 0.6) is 0 Å². The van der Waals surface area contributed by atoms with Gasteiger partial charge in [-0.05, 0) is 38.8 Å². The van der Waals surface area contributed by atoms with Gasteiger partial charge in [-0.25, -0.2) is 4.79 Å². The van der Waals surface area contributed by atoms with E-state index in [2.05, 4.69) is 10.6 Å². The Morgan fingerprint density at radius 1 is 1.04 bits per heavy atom. The third kappa shape index (κ3) is 9.15. The maximum absolute atomic E-state index is 11.8. The molecule has 134 valence electrons. The van der Waals surface area contributed by atoms with Crippen molar-refractivity contribution in [2.24, 2.45) is 0 Å². The van der Waals surface area contributed by atoms with Crippen molar-refractivity contribution in [1.29, 1.82) is 0 Å². The molecule has 0 unspecified atom stereocenters. The second-order valence-corrected chi connectivity index (χ2v) is 6.41. The van der Waals surface area contributed by atoms with Crippen molar-refractivity contribution in [2.45, 2.75) is 52.9 Å². The Morgan fingerprint density at radius 2 is 1.67 bits per heavy atom. The summed E-state index contributed by atoms with van der Waals surface area (Å²) >= 11 is 0. The Balaban J connectivity index is 2.23. The summed E-state index contributed by atoms with van der Waals surface area (Å²) in [5.41, 5.74) is 1.58.